The molecule has 128 valence electrons. The normalized spacial score (nSPS) is 10.6. The Morgan fingerprint density at radius 2 is 1.96 bits per heavy atom. The minimum absolute atomic E-state index is 0.0466. The maximum atomic E-state index is 12.6. The van der Waals surface area contributed by atoms with Gasteiger partial charge >= 0.3 is 0 Å². The second-order valence-corrected chi connectivity index (χ2v) is 5.80. The quantitative estimate of drug-likeness (QED) is 0.716. The lowest BCUT2D eigenvalue weighted by molar-refractivity contribution is 0.0771. The zero-order valence-corrected chi connectivity index (χ0v) is 14.2. The standard InChI is InChI=1S/C19H19N3O3/c1-14-8-9-17-20-12-16(19(24)22(17)13-14)18(23)21(2)10-11-25-15-6-4-3-5-7-15/h3-9,12-13H,10-11H2,1-2H3. The van der Waals surface area contributed by atoms with Crippen molar-refractivity contribution in [2.24, 2.45) is 0 Å². The summed E-state index contributed by atoms with van der Waals surface area (Å²) in [5.41, 5.74) is 1.12. The van der Waals surface area contributed by atoms with Gasteiger partial charge < -0.3 is 9.64 Å². The number of ether oxygens (including phenoxy) is 1. The van der Waals surface area contributed by atoms with E-state index in [-0.39, 0.29) is 17.0 Å². The van der Waals surface area contributed by atoms with Gasteiger partial charge in [-0.15, -0.1) is 0 Å². The van der Waals surface area contributed by atoms with Crippen LogP contribution in [0.5, 0.6) is 5.75 Å². The second-order valence-electron chi connectivity index (χ2n) is 5.80. The smallest absolute Gasteiger partial charge is 0.270 e. The molecule has 0 atom stereocenters. The Labute approximate surface area is 145 Å². The molecule has 0 spiro atoms. The largest absolute Gasteiger partial charge is 0.492 e. The highest BCUT2D eigenvalue weighted by atomic mass is 16.5. The van der Waals surface area contributed by atoms with Crippen molar-refractivity contribution in [2.75, 3.05) is 20.2 Å². The van der Waals surface area contributed by atoms with Crippen LogP contribution in [-0.2, 0) is 0 Å². The number of hydrogen-bond donors (Lipinski definition) is 0. The number of aryl methyl sites for hydroxylation is 1. The number of amides is 1. The molecule has 0 bridgehead atoms. The third-order valence-electron chi connectivity index (χ3n) is 3.87. The summed E-state index contributed by atoms with van der Waals surface area (Å²) in [6, 6.07) is 13.0. The molecule has 6 nitrogen and oxygen atoms in total. The van der Waals surface area contributed by atoms with Crippen molar-refractivity contribution in [3.8, 4) is 5.75 Å². The molecule has 2 heterocycles. The van der Waals surface area contributed by atoms with Crippen molar-refractivity contribution in [1.82, 2.24) is 14.3 Å². The molecule has 0 saturated heterocycles. The third kappa shape index (κ3) is 3.68. The Balaban J connectivity index is 1.72. The molecule has 3 aromatic rings. The molecule has 0 N–H and O–H groups in total. The lowest BCUT2D eigenvalue weighted by atomic mass is 10.2. The topological polar surface area (TPSA) is 63.9 Å². The number of hydrogen-bond acceptors (Lipinski definition) is 4. The van der Waals surface area contributed by atoms with E-state index in [9.17, 15) is 9.59 Å². The Morgan fingerprint density at radius 1 is 1.20 bits per heavy atom. The van der Waals surface area contributed by atoms with E-state index in [1.165, 1.54) is 15.5 Å². The van der Waals surface area contributed by atoms with Gasteiger partial charge in [0.15, 0.2) is 0 Å². The minimum atomic E-state index is -0.370. The molecule has 0 radical (unpaired) electrons. The van der Waals surface area contributed by atoms with Crippen molar-refractivity contribution in [3.05, 3.63) is 76.3 Å². The second kappa shape index (κ2) is 7.17. The van der Waals surface area contributed by atoms with Crippen LogP contribution >= 0.6 is 0 Å². The molecule has 0 aliphatic heterocycles. The number of rotatable bonds is 5. The molecule has 2 aromatic heterocycles. The average molecular weight is 337 g/mol. The lowest BCUT2D eigenvalue weighted by Gasteiger charge is -2.17. The first-order valence-electron chi connectivity index (χ1n) is 7.97. The highest BCUT2D eigenvalue weighted by Crippen LogP contribution is 2.08. The average Bonchev–Trinajstić information content (AvgIpc) is 2.63. The van der Waals surface area contributed by atoms with Gasteiger partial charge in [-0.25, -0.2) is 4.98 Å². The predicted octanol–water partition coefficient (Wildman–Crippen LogP) is 2.15. The number of carbonyl (C=O) groups is 1. The molecular weight excluding hydrogens is 318 g/mol. The summed E-state index contributed by atoms with van der Waals surface area (Å²) >= 11 is 0. The van der Waals surface area contributed by atoms with E-state index in [0.717, 1.165) is 11.3 Å². The Hall–Kier alpha value is -3.15. The van der Waals surface area contributed by atoms with Crippen LogP contribution in [0.3, 0.4) is 0 Å². The summed E-state index contributed by atoms with van der Waals surface area (Å²) in [6.07, 6.45) is 3.02. The number of nitrogens with zero attached hydrogens (tertiary/aromatic N) is 3. The van der Waals surface area contributed by atoms with Crippen LogP contribution in [0.2, 0.25) is 0 Å². The van der Waals surface area contributed by atoms with Crippen molar-refractivity contribution in [2.45, 2.75) is 6.92 Å². The highest BCUT2D eigenvalue weighted by molar-refractivity contribution is 5.93. The van der Waals surface area contributed by atoms with Gasteiger partial charge in [-0.05, 0) is 30.7 Å². The SMILES string of the molecule is Cc1ccc2ncc(C(=O)N(C)CCOc3ccccc3)c(=O)n2c1. The molecule has 0 unspecified atom stereocenters. The zero-order valence-electron chi connectivity index (χ0n) is 14.2. The molecular formula is C19H19N3O3. The lowest BCUT2D eigenvalue weighted by Crippen LogP contribution is -2.35. The minimum Gasteiger partial charge on any atom is -0.492 e. The Kier molecular flexibility index (Phi) is 4.79. The fraction of sp³-hybridized carbons (Fsp3) is 0.211. The third-order valence-corrected chi connectivity index (χ3v) is 3.87. The Bertz CT molecular complexity index is 951. The van der Waals surface area contributed by atoms with Crippen LogP contribution in [0.1, 0.15) is 15.9 Å². The van der Waals surface area contributed by atoms with E-state index in [1.807, 2.05) is 43.3 Å². The predicted molar refractivity (Wildman–Crippen MR) is 95.1 cm³/mol. The van der Waals surface area contributed by atoms with E-state index < -0.39 is 0 Å². The van der Waals surface area contributed by atoms with Crippen LogP contribution in [0.4, 0.5) is 0 Å². The fourth-order valence-electron chi connectivity index (χ4n) is 2.45. The number of para-hydroxylation sites is 1. The number of pyridine rings is 1. The van der Waals surface area contributed by atoms with Gasteiger partial charge in [0.2, 0.25) is 0 Å². The summed E-state index contributed by atoms with van der Waals surface area (Å²) in [5.74, 6) is 0.372. The maximum Gasteiger partial charge on any atom is 0.270 e. The van der Waals surface area contributed by atoms with E-state index in [2.05, 4.69) is 4.98 Å². The van der Waals surface area contributed by atoms with Gasteiger partial charge in [0.05, 0.1) is 6.54 Å². The van der Waals surface area contributed by atoms with Gasteiger partial charge in [-0.3, -0.25) is 14.0 Å². The van der Waals surface area contributed by atoms with E-state index in [0.29, 0.717) is 18.8 Å². The van der Waals surface area contributed by atoms with Crippen molar-refractivity contribution in [1.29, 1.82) is 0 Å². The van der Waals surface area contributed by atoms with Crippen molar-refractivity contribution in [3.63, 3.8) is 0 Å². The number of benzene rings is 1. The van der Waals surface area contributed by atoms with E-state index in [1.54, 1.807) is 19.3 Å². The first-order chi connectivity index (χ1) is 12.1. The summed E-state index contributed by atoms with van der Waals surface area (Å²) in [6.45, 7) is 2.59. The van der Waals surface area contributed by atoms with Gasteiger partial charge in [0.25, 0.3) is 11.5 Å². The summed E-state index contributed by atoms with van der Waals surface area (Å²) in [4.78, 5) is 30.8. The zero-order chi connectivity index (χ0) is 17.8. The van der Waals surface area contributed by atoms with Gasteiger partial charge in [-0.1, -0.05) is 24.3 Å². The van der Waals surface area contributed by atoms with Crippen LogP contribution in [0, 0.1) is 6.92 Å². The summed E-state index contributed by atoms with van der Waals surface area (Å²) < 4.78 is 6.99. The number of likely N-dealkylation sites (N-methyl/N-ethyl adjacent to an activating group) is 1. The summed E-state index contributed by atoms with van der Waals surface area (Å²) in [7, 11) is 1.64. The molecule has 3 rings (SSSR count). The highest BCUT2D eigenvalue weighted by Gasteiger charge is 2.17. The van der Waals surface area contributed by atoms with Gasteiger partial charge in [-0.2, -0.15) is 0 Å². The first-order valence-corrected chi connectivity index (χ1v) is 7.97. The van der Waals surface area contributed by atoms with Crippen LogP contribution in [0.25, 0.3) is 5.65 Å². The summed E-state index contributed by atoms with van der Waals surface area (Å²) in [5, 5.41) is 0. The molecule has 1 amide bonds. The Morgan fingerprint density at radius 3 is 2.72 bits per heavy atom. The first kappa shape index (κ1) is 16.7. The van der Waals surface area contributed by atoms with Crippen molar-refractivity contribution < 1.29 is 9.53 Å². The van der Waals surface area contributed by atoms with E-state index in [4.69, 9.17) is 4.74 Å². The molecule has 0 saturated carbocycles. The van der Waals surface area contributed by atoms with Crippen LogP contribution in [-0.4, -0.2) is 40.4 Å². The van der Waals surface area contributed by atoms with Crippen LogP contribution < -0.4 is 10.3 Å². The molecule has 0 aliphatic carbocycles. The monoisotopic (exact) mass is 337 g/mol. The van der Waals surface area contributed by atoms with Crippen LogP contribution in [0.15, 0.2) is 59.7 Å². The fourth-order valence-corrected chi connectivity index (χ4v) is 2.45. The molecule has 0 aliphatic rings. The number of aromatic nitrogens is 2. The number of fused-ring (bicyclic) bond motifs is 1. The maximum absolute atomic E-state index is 12.6. The molecule has 6 heteroatoms. The van der Waals surface area contributed by atoms with Crippen molar-refractivity contribution >= 4 is 11.6 Å². The molecule has 25 heavy (non-hydrogen) atoms. The van der Waals surface area contributed by atoms with E-state index >= 15 is 0 Å². The molecule has 1 aromatic carbocycles. The molecule has 0 fully saturated rings. The van der Waals surface area contributed by atoms with Gasteiger partial charge in [0, 0.05) is 19.4 Å². The van der Waals surface area contributed by atoms with Gasteiger partial charge in [0.1, 0.15) is 23.6 Å². The number of carbonyl (C=O) groups excluding carboxylic acids is 1.